The number of aromatic nitrogens is 3. The lowest BCUT2D eigenvalue weighted by Gasteiger charge is -2.26. The minimum absolute atomic E-state index is 0.216. The topological polar surface area (TPSA) is 69.0 Å². The Kier molecular flexibility index (Phi) is 3.89. The highest BCUT2D eigenvalue weighted by atomic mass is 19.1. The van der Waals surface area contributed by atoms with E-state index >= 15 is 0 Å². The van der Waals surface area contributed by atoms with Crippen molar-refractivity contribution in [2.75, 3.05) is 6.61 Å². The maximum absolute atomic E-state index is 13.4. The molecule has 0 spiro atoms. The maximum atomic E-state index is 13.4. The second-order valence-electron chi connectivity index (χ2n) is 5.81. The Morgan fingerprint density at radius 2 is 2.20 bits per heavy atom. The van der Waals surface area contributed by atoms with Gasteiger partial charge >= 0.3 is 0 Å². The van der Waals surface area contributed by atoms with Gasteiger partial charge in [0.2, 0.25) is 0 Å². The molecule has 126 valence electrons. The van der Waals surface area contributed by atoms with Crippen molar-refractivity contribution in [3.63, 3.8) is 0 Å². The molecule has 1 unspecified atom stereocenters. The Morgan fingerprint density at radius 1 is 1.28 bits per heavy atom. The molecule has 1 atom stereocenters. The van der Waals surface area contributed by atoms with E-state index in [2.05, 4.69) is 15.3 Å². The number of pyridine rings is 1. The van der Waals surface area contributed by atoms with E-state index < -0.39 is 0 Å². The van der Waals surface area contributed by atoms with E-state index in [0.29, 0.717) is 30.2 Å². The number of rotatable bonds is 3. The summed E-state index contributed by atoms with van der Waals surface area (Å²) in [4.78, 5) is 20.7. The number of hydrogen-bond acceptors (Lipinski definition) is 4. The van der Waals surface area contributed by atoms with Crippen LogP contribution < -0.4 is 10.1 Å². The standard InChI is InChI=1S/C18H15FN4O2/c19-14-1-2-16-13(7-14)8-15(10-25-16)22-18(24)12-3-4-21-17(9-12)23-6-5-20-11-23/h1-7,9,11,15H,8,10H2,(H,22,24). The van der Waals surface area contributed by atoms with E-state index in [1.165, 1.54) is 12.1 Å². The predicted molar refractivity (Wildman–Crippen MR) is 88.2 cm³/mol. The number of benzene rings is 1. The number of fused-ring (bicyclic) bond motifs is 1. The normalized spacial score (nSPS) is 16.0. The number of amides is 1. The molecule has 1 aromatic carbocycles. The van der Waals surface area contributed by atoms with Crippen LogP contribution in [0.5, 0.6) is 5.75 Å². The number of hydrogen-bond donors (Lipinski definition) is 1. The monoisotopic (exact) mass is 338 g/mol. The molecule has 1 aliphatic rings. The van der Waals surface area contributed by atoms with Crippen LogP contribution in [0.3, 0.4) is 0 Å². The van der Waals surface area contributed by atoms with Gasteiger partial charge < -0.3 is 10.1 Å². The smallest absolute Gasteiger partial charge is 0.251 e. The van der Waals surface area contributed by atoms with E-state index in [1.54, 1.807) is 47.7 Å². The predicted octanol–water partition coefficient (Wildman–Crippen LogP) is 2.14. The summed E-state index contributed by atoms with van der Waals surface area (Å²) in [5.74, 6) is 0.737. The van der Waals surface area contributed by atoms with Gasteiger partial charge in [-0.05, 0) is 42.3 Å². The molecule has 1 N–H and O–H groups in total. The van der Waals surface area contributed by atoms with Crippen LogP contribution in [-0.4, -0.2) is 33.1 Å². The number of nitrogens with zero attached hydrogens (tertiary/aromatic N) is 3. The molecule has 25 heavy (non-hydrogen) atoms. The van der Waals surface area contributed by atoms with Crippen LogP contribution in [0.4, 0.5) is 4.39 Å². The van der Waals surface area contributed by atoms with Gasteiger partial charge in [-0.25, -0.2) is 14.4 Å². The summed E-state index contributed by atoms with van der Waals surface area (Å²) in [5.41, 5.74) is 1.24. The molecule has 0 bridgehead atoms. The summed E-state index contributed by atoms with van der Waals surface area (Å²) in [6.07, 6.45) is 7.11. The van der Waals surface area contributed by atoms with Crippen LogP contribution in [0.1, 0.15) is 15.9 Å². The summed E-state index contributed by atoms with van der Waals surface area (Å²) in [7, 11) is 0. The molecule has 0 saturated heterocycles. The third kappa shape index (κ3) is 3.21. The van der Waals surface area contributed by atoms with Crippen LogP contribution in [0, 0.1) is 5.82 Å². The Morgan fingerprint density at radius 3 is 3.04 bits per heavy atom. The van der Waals surface area contributed by atoms with Gasteiger partial charge in [-0.15, -0.1) is 0 Å². The van der Waals surface area contributed by atoms with Gasteiger partial charge in [0.1, 0.15) is 30.3 Å². The van der Waals surface area contributed by atoms with Crippen molar-refractivity contribution < 1.29 is 13.9 Å². The van der Waals surface area contributed by atoms with E-state index in [1.807, 2.05) is 0 Å². The van der Waals surface area contributed by atoms with E-state index in [9.17, 15) is 9.18 Å². The third-order valence-electron chi connectivity index (χ3n) is 4.04. The van der Waals surface area contributed by atoms with E-state index in [4.69, 9.17) is 4.74 Å². The Labute approximate surface area is 143 Å². The number of imidazole rings is 1. The third-order valence-corrected chi connectivity index (χ3v) is 4.04. The molecule has 1 amide bonds. The molecule has 0 saturated carbocycles. The molecule has 1 aliphatic heterocycles. The van der Waals surface area contributed by atoms with Crippen molar-refractivity contribution in [2.45, 2.75) is 12.5 Å². The summed E-state index contributed by atoms with van der Waals surface area (Å²) in [5, 5.41) is 2.93. The van der Waals surface area contributed by atoms with Gasteiger partial charge in [0.05, 0.1) is 6.04 Å². The van der Waals surface area contributed by atoms with Gasteiger partial charge in [-0.1, -0.05) is 0 Å². The van der Waals surface area contributed by atoms with Crippen molar-refractivity contribution in [3.05, 3.63) is 72.2 Å². The van der Waals surface area contributed by atoms with Crippen molar-refractivity contribution >= 4 is 5.91 Å². The molecular formula is C18H15FN4O2. The van der Waals surface area contributed by atoms with Gasteiger partial charge in [0, 0.05) is 24.2 Å². The van der Waals surface area contributed by atoms with Crippen LogP contribution >= 0.6 is 0 Å². The highest BCUT2D eigenvalue weighted by molar-refractivity contribution is 5.94. The lowest BCUT2D eigenvalue weighted by atomic mass is 10.0. The second kappa shape index (κ2) is 6.35. The van der Waals surface area contributed by atoms with Gasteiger partial charge in [0.15, 0.2) is 0 Å². The minimum Gasteiger partial charge on any atom is -0.491 e. The first kappa shape index (κ1) is 15.3. The van der Waals surface area contributed by atoms with E-state index in [0.717, 1.165) is 5.56 Å². The first-order valence-electron chi connectivity index (χ1n) is 7.85. The molecule has 0 aliphatic carbocycles. The molecule has 2 aromatic heterocycles. The average molecular weight is 338 g/mol. The molecule has 3 aromatic rings. The fourth-order valence-electron chi connectivity index (χ4n) is 2.82. The summed E-state index contributed by atoms with van der Waals surface area (Å²) >= 11 is 0. The van der Waals surface area contributed by atoms with Crippen LogP contribution in [0.25, 0.3) is 5.82 Å². The Balaban J connectivity index is 1.48. The van der Waals surface area contributed by atoms with Crippen molar-refractivity contribution in [1.82, 2.24) is 19.9 Å². The van der Waals surface area contributed by atoms with Gasteiger partial charge in [-0.3, -0.25) is 9.36 Å². The zero-order valence-corrected chi connectivity index (χ0v) is 13.2. The number of carbonyl (C=O) groups is 1. The fourth-order valence-corrected chi connectivity index (χ4v) is 2.82. The Hall–Kier alpha value is -3.22. The first-order chi connectivity index (χ1) is 12.2. The first-order valence-corrected chi connectivity index (χ1v) is 7.85. The van der Waals surface area contributed by atoms with E-state index in [-0.39, 0.29) is 17.8 Å². The summed E-state index contributed by atoms with van der Waals surface area (Å²) in [6.45, 7) is 0.351. The lowest BCUT2D eigenvalue weighted by Crippen LogP contribution is -2.42. The number of halogens is 1. The molecule has 0 fully saturated rings. The molecule has 6 nitrogen and oxygen atoms in total. The van der Waals surface area contributed by atoms with Gasteiger partial charge in [0.25, 0.3) is 5.91 Å². The van der Waals surface area contributed by atoms with Crippen molar-refractivity contribution in [2.24, 2.45) is 0 Å². The number of carbonyl (C=O) groups excluding carboxylic acids is 1. The fraction of sp³-hybridized carbons (Fsp3) is 0.167. The van der Waals surface area contributed by atoms with Crippen molar-refractivity contribution in [3.8, 4) is 11.6 Å². The molecule has 4 rings (SSSR count). The summed E-state index contributed by atoms with van der Waals surface area (Å²) in [6, 6.07) is 7.54. The Bertz CT molecular complexity index is 911. The zero-order valence-electron chi connectivity index (χ0n) is 13.2. The average Bonchev–Trinajstić information content (AvgIpc) is 3.16. The molecule has 7 heteroatoms. The highest BCUT2D eigenvalue weighted by Gasteiger charge is 2.22. The molecular weight excluding hydrogens is 323 g/mol. The largest absolute Gasteiger partial charge is 0.491 e. The number of ether oxygens (including phenoxy) is 1. The van der Waals surface area contributed by atoms with Crippen LogP contribution in [0.15, 0.2) is 55.2 Å². The zero-order chi connectivity index (χ0) is 17.2. The minimum atomic E-state index is -0.312. The summed E-state index contributed by atoms with van der Waals surface area (Å²) < 4.78 is 20.7. The van der Waals surface area contributed by atoms with Gasteiger partial charge in [-0.2, -0.15) is 0 Å². The second-order valence-corrected chi connectivity index (χ2v) is 5.81. The lowest BCUT2D eigenvalue weighted by molar-refractivity contribution is 0.0915. The molecule has 0 radical (unpaired) electrons. The highest BCUT2D eigenvalue weighted by Crippen LogP contribution is 2.25. The van der Waals surface area contributed by atoms with Crippen molar-refractivity contribution in [1.29, 1.82) is 0 Å². The number of nitrogens with one attached hydrogen (secondary N) is 1. The van der Waals surface area contributed by atoms with Crippen LogP contribution in [0.2, 0.25) is 0 Å². The molecule has 3 heterocycles. The van der Waals surface area contributed by atoms with Crippen LogP contribution in [-0.2, 0) is 6.42 Å². The maximum Gasteiger partial charge on any atom is 0.251 e. The SMILES string of the molecule is O=C(NC1COc2ccc(F)cc2C1)c1ccnc(-n2ccnc2)c1. The quantitative estimate of drug-likeness (QED) is 0.794.